The van der Waals surface area contributed by atoms with Gasteiger partial charge in [-0.05, 0) is 80.9 Å². The molecule has 0 atom stereocenters. The number of rotatable bonds is 5. The van der Waals surface area contributed by atoms with E-state index in [1.165, 1.54) is 17.4 Å². The largest absolute Gasteiger partial charge is 0.381 e. The fraction of sp³-hybridized carbons (Fsp3) is 0.296. The summed E-state index contributed by atoms with van der Waals surface area (Å²) in [6.07, 6.45) is 3.27. The van der Waals surface area contributed by atoms with E-state index >= 15 is 0 Å². The van der Waals surface area contributed by atoms with Crippen molar-refractivity contribution < 1.29 is 14.4 Å². The van der Waals surface area contributed by atoms with Crippen molar-refractivity contribution in [1.82, 2.24) is 10.2 Å². The molecule has 8 nitrogen and oxygen atoms in total. The number of fused-ring (bicyclic) bond motifs is 3. The van der Waals surface area contributed by atoms with Crippen molar-refractivity contribution in [3.8, 4) is 0 Å². The van der Waals surface area contributed by atoms with Crippen LogP contribution in [0.25, 0.3) is 10.1 Å². The molecule has 186 valence electrons. The molecule has 0 spiro atoms. The predicted molar refractivity (Wildman–Crippen MR) is 145 cm³/mol. The molecule has 36 heavy (non-hydrogen) atoms. The summed E-state index contributed by atoms with van der Waals surface area (Å²) in [6, 6.07) is 11.1. The second-order valence-electron chi connectivity index (χ2n) is 9.23. The molecule has 1 saturated heterocycles. The van der Waals surface area contributed by atoms with E-state index in [0.29, 0.717) is 40.8 Å². The highest BCUT2D eigenvalue weighted by Gasteiger charge is 2.23. The van der Waals surface area contributed by atoms with Crippen LogP contribution in [0.1, 0.15) is 44.4 Å². The van der Waals surface area contributed by atoms with Gasteiger partial charge < -0.3 is 26.2 Å². The third-order valence-corrected chi connectivity index (χ3v) is 7.95. The third-order valence-electron chi connectivity index (χ3n) is 6.78. The quantitative estimate of drug-likeness (QED) is 0.390. The molecule has 9 heteroatoms. The number of thiophene rings is 1. The van der Waals surface area contributed by atoms with Crippen molar-refractivity contribution in [2.75, 3.05) is 49.2 Å². The summed E-state index contributed by atoms with van der Waals surface area (Å²) in [5.74, 6) is -0.302. The minimum atomic E-state index is -0.284. The average Bonchev–Trinajstić information content (AvgIpc) is 3.15. The Morgan fingerprint density at radius 1 is 1.08 bits per heavy atom. The molecule has 3 aromatic rings. The van der Waals surface area contributed by atoms with Crippen LogP contribution < -0.4 is 21.3 Å². The van der Waals surface area contributed by atoms with Gasteiger partial charge in [0.05, 0.1) is 5.69 Å². The monoisotopic (exact) mass is 503 g/mol. The summed E-state index contributed by atoms with van der Waals surface area (Å²) in [5.41, 5.74) is 3.63. The number of nitrogens with one attached hydrogen (secondary N) is 4. The van der Waals surface area contributed by atoms with Gasteiger partial charge in [0.25, 0.3) is 11.8 Å². The number of benzene rings is 2. The summed E-state index contributed by atoms with van der Waals surface area (Å²) in [7, 11) is 2.12. The Hall–Kier alpha value is -3.69. The molecule has 0 saturated carbocycles. The highest BCUT2D eigenvalue weighted by atomic mass is 32.1. The van der Waals surface area contributed by atoms with Crippen LogP contribution in [0.2, 0.25) is 0 Å². The molecule has 4 N–H and O–H groups in total. The molecule has 2 aromatic carbocycles. The van der Waals surface area contributed by atoms with E-state index in [1.54, 1.807) is 6.07 Å². The lowest BCUT2D eigenvalue weighted by Crippen LogP contribution is -2.29. The van der Waals surface area contributed by atoms with Gasteiger partial charge >= 0.3 is 0 Å². The first-order valence-electron chi connectivity index (χ1n) is 12.1. The Bertz CT molecular complexity index is 1360. The lowest BCUT2D eigenvalue weighted by Gasteiger charge is -2.30. The van der Waals surface area contributed by atoms with Crippen LogP contribution in [0, 0.1) is 0 Å². The maximum atomic E-state index is 13.2. The van der Waals surface area contributed by atoms with Crippen molar-refractivity contribution in [2.24, 2.45) is 0 Å². The van der Waals surface area contributed by atoms with Crippen LogP contribution in [0.15, 0.2) is 49.1 Å². The number of anilines is 3. The van der Waals surface area contributed by atoms with Crippen molar-refractivity contribution >= 4 is 56.2 Å². The number of nitrogens with zero attached hydrogens (tertiary/aromatic N) is 1. The molecule has 0 bridgehead atoms. The smallest absolute Gasteiger partial charge is 0.263 e. The number of piperidine rings is 1. The van der Waals surface area contributed by atoms with Crippen molar-refractivity contribution in [3.63, 3.8) is 0 Å². The summed E-state index contributed by atoms with van der Waals surface area (Å²) in [6.45, 7) is 6.75. The zero-order valence-electron chi connectivity index (χ0n) is 20.1. The molecule has 0 radical (unpaired) electrons. The first-order valence-corrected chi connectivity index (χ1v) is 12.9. The highest BCUT2D eigenvalue weighted by molar-refractivity contribution is 7.21. The molecule has 2 aliphatic heterocycles. The summed E-state index contributed by atoms with van der Waals surface area (Å²) in [5, 5.41) is 12.9. The lowest BCUT2D eigenvalue weighted by atomic mass is 9.88. The van der Waals surface area contributed by atoms with E-state index in [0.717, 1.165) is 47.3 Å². The molecule has 2 aliphatic rings. The SMILES string of the molecule is C=CC(=O)Nc1cc(NC(=O)c2ccc3sc4c(c3c2)NCCNC4=O)ccc1C1CCN(C)CC1. The van der Waals surface area contributed by atoms with Crippen molar-refractivity contribution in [3.05, 3.63) is 65.1 Å². The highest BCUT2D eigenvalue weighted by Crippen LogP contribution is 2.38. The Labute approximate surface area is 213 Å². The lowest BCUT2D eigenvalue weighted by molar-refractivity contribution is -0.111. The second-order valence-corrected chi connectivity index (χ2v) is 10.3. The van der Waals surface area contributed by atoms with E-state index in [9.17, 15) is 14.4 Å². The van der Waals surface area contributed by atoms with Gasteiger partial charge in [-0.3, -0.25) is 14.4 Å². The minimum Gasteiger partial charge on any atom is -0.381 e. The van der Waals surface area contributed by atoms with Crippen molar-refractivity contribution in [1.29, 1.82) is 0 Å². The van der Waals surface area contributed by atoms with Crippen LogP contribution >= 0.6 is 11.3 Å². The van der Waals surface area contributed by atoms with E-state index in [1.807, 2.05) is 30.3 Å². The number of hydrogen-bond donors (Lipinski definition) is 4. The van der Waals surface area contributed by atoms with E-state index in [2.05, 4.69) is 39.8 Å². The van der Waals surface area contributed by atoms with Crippen LogP contribution in [-0.2, 0) is 4.79 Å². The van der Waals surface area contributed by atoms with Crippen LogP contribution in [0.3, 0.4) is 0 Å². The normalized spacial score (nSPS) is 16.4. The zero-order chi connectivity index (χ0) is 25.2. The Morgan fingerprint density at radius 2 is 1.86 bits per heavy atom. The third kappa shape index (κ3) is 4.84. The van der Waals surface area contributed by atoms with Crippen LogP contribution in [0.5, 0.6) is 0 Å². The van der Waals surface area contributed by atoms with Gasteiger partial charge in [0.2, 0.25) is 5.91 Å². The predicted octanol–water partition coefficient (Wildman–Crippen LogP) is 4.24. The Kier molecular flexibility index (Phi) is 6.75. The first kappa shape index (κ1) is 24.0. The molecule has 1 fully saturated rings. The van der Waals surface area contributed by atoms with E-state index in [-0.39, 0.29) is 17.7 Å². The number of carbonyl (C=O) groups is 3. The number of hydrogen-bond acceptors (Lipinski definition) is 6. The molecule has 0 unspecified atom stereocenters. The van der Waals surface area contributed by atoms with Gasteiger partial charge in [-0.1, -0.05) is 12.6 Å². The van der Waals surface area contributed by atoms with Gasteiger partial charge in [-0.2, -0.15) is 0 Å². The van der Waals surface area contributed by atoms with Gasteiger partial charge in [0, 0.05) is 40.1 Å². The number of carbonyl (C=O) groups excluding carboxylic acids is 3. The minimum absolute atomic E-state index is 0.0963. The molecule has 3 amide bonds. The van der Waals surface area contributed by atoms with Gasteiger partial charge in [0.15, 0.2) is 0 Å². The summed E-state index contributed by atoms with van der Waals surface area (Å²) >= 11 is 1.41. The van der Waals surface area contributed by atoms with Crippen LogP contribution in [-0.4, -0.2) is 55.8 Å². The Morgan fingerprint density at radius 3 is 2.64 bits per heavy atom. The maximum Gasteiger partial charge on any atom is 0.263 e. The topological polar surface area (TPSA) is 103 Å². The molecule has 0 aliphatic carbocycles. The number of amides is 3. The van der Waals surface area contributed by atoms with Gasteiger partial charge in [0.1, 0.15) is 4.88 Å². The zero-order valence-corrected chi connectivity index (χ0v) is 21.0. The molecular weight excluding hydrogens is 474 g/mol. The second kappa shape index (κ2) is 10.1. The first-order chi connectivity index (χ1) is 17.4. The Balaban J connectivity index is 1.41. The van der Waals surface area contributed by atoms with E-state index < -0.39 is 0 Å². The van der Waals surface area contributed by atoms with Gasteiger partial charge in [-0.15, -0.1) is 11.3 Å². The van der Waals surface area contributed by atoms with Crippen molar-refractivity contribution in [2.45, 2.75) is 18.8 Å². The molecule has 1 aromatic heterocycles. The molecule has 3 heterocycles. The summed E-state index contributed by atoms with van der Waals surface area (Å²) in [4.78, 5) is 40.6. The molecular formula is C27H29N5O3S. The average molecular weight is 504 g/mol. The molecule has 5 rings (SSSR count). The van der Waals surface area contributed by atoms with Crippen LogP contribution in [0.4, 0.5) is 17.1 Å². The fourth-order valence-corrected chi connectivity index (χ4v) is 5.90. The van der Waals surface area contributed by atoms with Gasteiger partial charge in [-0.25, -0.2) is 0 Å². The fourth-order valence-electron chi connectivity index (χ4n) is 4.82. The summed E-state index contributed by atoms with van der Waals surface area (Å²) < 4.78 is 0.943. The standard InChI is InChI=1S/C27H29N5O3S/c1-3-23(33)31-21-15-18(5-6-19(21)16-8-12-32(2)13-9-16)30-26(34)17-4-7-22-20(14-17)24-25(36-22)27(35)29-11-10-28-24/h3-7,14-16,28H,1,8-13H2,2H3,(H,29,35)(H,30,34)(H,31,33). The number of likely N-dealkylation sites (tertiary alicyclic amines) is 1. The van der Waals surface area contributed by atoms with E-state index in [4.69, 9.17) is 0 Å². The maximum absolute atomic E-state index is 13.2.